The Hall–Kier alpha value is -8.40. The largest absolute Gasteiger partial charge is 0.456 e. The van der Waals surface area contributed by atoms with E-state index in [1.54, 1.807) is 0 Å². The highest BCUT2D eigenvalue weighted by molar-refractivity contribution is 6.14. The van der Waals surface area contributed by atoms with Crippen LogP contribution in [0, 0.1) is 0 Å². The van der Waals surface area contributed by atoms with Crippen molar-refractivity contribution in [1.82, 2.24) is 0 Å². The highest BCUT2D eigenvalue weighted by atomic mass is 16.3. The van der Waals surface area contributed by atoms with Crippen molar-refractivity contribution >= 4 is 56.1 Å². The van der Waals surface area contributed by atoms with Crippen LogP contribution in [0.2, 0.25) is 0 Å². The van der Waals surface area contributed by atoms with Gasteiger partial charge in [-0.2, -0.15) is 0 Å². The summed E-state index contributed by atoms with van der Waals surface area (Å²) in [4.78, 5) is 4.91. The van der Waals surface area contributed by atoms with E-state index in [1.807, 2.05) is 6.07 Å². The standard InChI is InChI=1S/C61H40N2O/c1-4-19-41(20-5-1)42-35-37-45(38-36-42)62(43-21-6-2-7-22-43)56-40-46(63(44-23-8-3-9-24-44)55-32-18-34-58-60(55)50-28-13-17-33-57(50)64-58)39-54-59(56)49-27-12-16-31-53(49)61(54)51-29-14-10-25-47(51)48-26-11-15-30-52(48)61/h1-40H. The Bertz CT molecular complexity index is 3510. The number of furan rings is 1. The lowest BCUT2D eigenvalue weighted by Gasteiger charge is -2.34. The minimum absolute atomic E-state index is 0.583. The van der Waals surface area contributed by atoms with Crippen LogP contribution in [0.15, 0.2) is 247 Å². The molecule has 0 bridgehead atoms. The van der Waals surface area contributed by atoms with Crippen molar-refractivity contribution in [2.75, 3.05) is 9.80 Å². The second kappa shape index (κ2) is 14.3. The molecule has 0 fully saturated rings. The zero-order valence-electron chi connectivity index (χ0n) is 34.9. The predicted octanol–water partition coefficient (Wildman–Crippen LogP) is 16.5. The topological polar surface area (TPSA) is 19.6 Å². The number of hydrogen-bond donors (Lipinski definition) is 0. The van der Waals surface area contributed by atoms with Gasteiger partial charge in [-0.15, -0.1) is 0 Å². The molecule has 10 aromatic carbocycles. The fourth-order valence-electron chi connectivity index (χ4n) is 10.9. The molecule has 2 aliphatic rings. The van der Waals surface area contributed by atoms with Gasteiger partial charge in [-0.05, 0) is 117 Å². The van der Waals surface area contributed by atoms with Crippen LogP contribution in [0.3, 0.4) is 0 Å². The molecule has 0 unspecified atom stereocenters. The third-order valence-corrected chi connectivity index (χ3v) is 13.4. The first-order chi connectivity index (χ1) is 31.8. The molecular formula is C61H40N2O. The zero-order valence-corrected chi connectivity index (χ0v) is 34.9. The van der Waals surface area contributed by atoms with E-state index >= 15 is 0 Å². The number of fused-ring (bicyclic) bond motifs is 13. The van der Waals surface area contributed by atoms with Crippen LogP contribution in [-0.2, 0) is 5.41 Å². The molecule has 0 atom stereocenters. The van der Waals surface area contributed by atoms with Crippen molar-refractivity contribution in [3.8, 4) is 33.4 Å². The van der Waals surface area contributed by atoms with E-state index in [-0.39, 0.29) is 0 Å². The van der Waals surface area contributed by atoms with Gasteiger partial charge < -0.3 is 14.2 Å². The SMILES string of the molecule is c1ccc(-c2ccc(N(c3ccccc3)c3cc(N(c4ccccc4)c4cccc5oc6ccccc6c45)cc4c3-c3ccccc3C43c4ccccc4-c4ccccc43)cc2)cc1. The van der Waals surface area contributed by atoms with E-state index in [4.69, 9.17) is 4.42 Å². The zero-order chi connectivity index (χ0) is 42.2. The molecule has 2 aliphatic carbocycles. The summed E-state index contributed by atoms with van der Waals surface area (Å²) in [7, 11) is 0. The summed E-state index contributed by atoms with van der Waals surface area (Å²) in [6, 6.07) is 88.3. The average Bonchev–Trinajstić information content (AvgIpc) is 4.00. The van der Waals surface area contributed by atoms with Crippen molar-refractivity contribution in [3.05, 3.63) is 265 Å². The molecule has 0 radical (unpaired) electrons. The summed E-state index contributed by atoms with van der Waals surface area (Å²) >= 11 is 0. The maximum absolute atomic E-state index is 6.57. The van der Waals surface area contributed by atoms with Crippen molar-refractivity contribution in [3.63, 3.8) is 0 Å². The summed E-state index contributed by atoms with van der Waals surface area (Å²) in [5.74, 6) is 0. The van der Waals surface area contributed by atoms with E-state index in [0.29, 0.717) is 0 Å². The molecule has 0 amide bonds. The van der Waals surface area contributed by atoms with Crippen molar-refractivity contribution in [2.45, 2.75) is 5.41 Å². The van der Waals surface area contributed by atoms with Crippen LogP contribution < -0.4 is 9.80 Å². The van der Waals surface area contributed by atoms with Gasteiger partial charge in [0, 0.05) is 33.7 Å². The molecule has 1 heterocycles. The Morgan fingerprint density at radius 1 is 0.312 bits per heavy atom. The quantitative estimate of drug-likeness (QED) is 0.160. The smallest absolute Gasteiger partial charge is 0.137 e. The van der Waals surface area contributed by atoms with Crippen molar-refractivity contribution < 1.29 is 4.42 Å². The molecule has 11 aromatic rings. The lowest BCUT2D eigenvalue weighted by atomic mass is 9.70. The fraction of sp³-hybridized carbons (Fsp3) is 0.0164. The maximum atomic E-state index is 6.57. The molecule has 0 N–H and O–H groups in total. The van der Waals surface area contributed by atoms with Gasteiger partial charge in [0.05, 0.1) is 22.2 Å². The normalized spacial score (nSPS) is 12.8. The number of benzene rings is 10. The van der Waals surface area contributed by atoms with Crippen LogP contribution in [0.25, 0.3) is 55.3 Å². The summed E-state index contributed by atoms with van der Waals surface area (Å²) in [5.41, 5.74) is 20.1. The number of anilines is 6. The molecular weight excluding hydrogens is 777 g/mol. The highest BCUT2D eigenvalue weighted by Gasteiger charge is 2.53. The average molecular weight is 817 g/mol. The second-order valence-electron chi connectivity index (χ2n) is 16.8. The summed E-state index contributed by atoms with van der Waals surface area (Å²) in [6.45, 7) is 0. The van der Waals surface area contributed by atoms with Crippen LogP contribution in [-0.4, -0.2) is 0 Å². The van der Waals surface area contributed by atoms with Gasteiger partial charge in [0.25, 0.3) is 0 Å². The van der Waals surface area contributed by atoms with Crippen LogP contribution in [0.4, 0.5) is 34.1 Å². The molecule has 3 heteroatoms. The molecule has 0 saturated carbocycles. The number of rotatable bonds is 7. The molecule has 64 heavy (non-hydrogen) atoms. The Labute approximate surface area is 372 Å². The van der Waals surface area contributed by atoms with Crippen LogP contribution in [0.5, 0.6) is 0 Å². The molecule has 13 rings (SSSR count). The highest BCUT2D eigenvalue weighted by Crippen LogP contribution is 2.65. The molecule has 0 saturated heterocycles. The Kier molecular flexibility index (Phi) is 8.13. The maximum Gasteiger partial charge on any atom is 0.137 e. The van der Waals surface area contributed by atoms with Gasteiger partial charge in [0.2, 0.25) is 0 Å². The minimum Gasteiger partial charge on any atom is -0.456 e. The van der Waals surface area contributed by atoms with Gasteiger partial charge in [0.15, 0.2) is 0 Å². The van der Waals surface area contributed by atoms with Gasteiger partial charge >= 0.3 is 0 Å². The number of nitrogens with zero attached hydrogens (tertiary/aromatic N) is 2. The van der Waals surface area contributed by atoms with Gasteiger partial charge in [0.1, 0.15) is 11.2 Å². The third-order valence-electron chi connectivity index (χ3n) is 13.4. The fourth-order valence-corrected chi connectivity index (χ4v) is 10.9. The van der Waals surface area contributed by atoms with E-state index in [1.165, 1.54) is 55.6 Å². The van der Waals surface area contributed by atoms with Crippen LogP contribution in [0.1, 0.15) is 22.3 Å². The summed E-state index contributed by atoms with van der Waals surface area (Å²) in [6.07, 6.45) is 0. The number of hydrogen-bond acceptors (Lipinski definition) is 3. The Morgan fingerprint density at radius 3 is 1.45 bits per heavy atom. The van der Waals surface area contributed by atoms with Crippen molar-refractivity contribution in [1.29, 1.82) is 0 Å². The monoisotopic (exact) mass is 816 g/mol. The van der Waals surface area contributed by atoms with E-state index < -0.39 is 5.41 Å². The predicted molar refractivity (Wildman–Crippen MR) is 265 cm³/mol. The third kappa shape index (κ3) is 5.28. The molecule has 300 valence electrons. The first-order valence-corrected chi connectivity index (χ1v) is 22.0. The molecule has 3 nitrogen and oxygen atoms in total. The first-order valence-electron chi connectivity index (χ1n) is 22.0. The lowest BCUT2D eigenvalue weighted by molar-refractivity contribution is 0.669. The molecule has 1 spiro atoms. The summed E-state index contributed by atoms with van der Waals surface area (Å²) < 4.78 is 6.57. The Balaban J connectivity index is 1.17. The molecule has 1 aromatic heterocycles. The summed E-state index contributed by atoms with van der Waals surface area (Å²) in [5, 5.41) is 2.16. The lowest BCUT2D eigenvalue weighted by Crippen LogP contribution is -2.26. The van der Waals surface area contributed by atoms with E-state index in [2.05, 4.69) is 246 Å². The molecule has 0 aliphatic heterocycles. The number of para-hydroxylation sites is 3. The van der Waals surface area contributed by atoms with E-state index in [0.717, 1.165) is 56.1 Å². The Morgan fingerprint density at radius 2 is 0.797 bits per heavy atom. The van der Waals surface area contributed by atoms with Crippen LogP contribution >= 0.6 is 0 Å². The van der Waals surface area contributed by atoms with Gasteiger partial charge in [-0.3, -0.25) is 0 Å². The first kappa shape index (κ1) is 36.3. The van der Waals surface area contributed by atoms with Gasteiger partial charge in [-0.1, -0.05) is 176 Å². The van der Waals surface area contributed by atoms with Gasteiger partial charge in [-0.25, -0.2) is 0 Å². The second-order valence-corrected chi connectivity index (χ2v) is 16.8. The van der Waals surface area contributed by atoms with E-state index in [9.17, 15) is 0 Å². The van der Waals surface area contributed by atoms with Crippen molar-refractivity contribution in [2.24, 2.45) is 0 Å². The minimum atomic E-state index is -0.583.